The first-order valence-electron chi connectivity index (χ1n) is 6.06. The molecule has 0 saturated carbocycles. The molecular formula is C14H16ClNO2. The van der Waals surface area contributed by atoms with E-state index >= 15 is 0 Å². The van der Waals surface area contributed by atoms with E-state index in [1.54, 1.807) is 17.0 Å². The topological polar surface area (TPSA) is 40.5 Å². The number of aliphatic hydroxyl groups is 1. The number of likely N-dealkylation sites (tertiary alicyclic amines) is 1. The molecule has 0 aliphatic carbocycles. The van der Waals surface area contributed by atoms with Crippen LogP contribution in [0, 0.1) is 0 Å². The Labute approximate surface area is 112 Å². The molecule has 1 unspecified atom stereocenters. The molecule has 96 valence electrons. The van der Waals surface area contributed by atoms with Crippen LogP contribution >= 0.6 is 11.6 Å². The van der Waals surface area contributed by atoms with E-state index in [-0.39, 0.29) is 18.6 Å². The molecule has 3 nitrogen and oxygen atoms in total. The van der Waals surface area contributed by atoms with Crippen LogP contribution in [-0.2, 0) is 4.79 Å². The van der Waals surface area contributed by atoms with Crippen molar-refractivity contribution in [2.45, 2.75) is 18.9 Å². The number of rotatable bonds is 3. The number of hydrogen-bond acceptors (Lipinski definition) is 2. The van der Waals surface area contributed by atoms with Crippen molar-refractivity contribution in [1.29, 1.82) is 0 Å². The lowest BCUT2D eigenvalue weighted by Crippen LogP contribution is -2.36. The molecule has 1 heterocycles. The molecule has 1 saturated heterocycles. The van der Waals surface area contributed by atoms with Crippen molar-refractivity contribution in [2.24, 2.45) is 0 Å². The summed E-state index contributed by atoms with van der Waals surface area (Å²) in [5.41, 5.74) is 0.826. The summed E-state index contributed by atoms with van der Waals surface area (Å²) in [5.74, 6) is -0.0635. The molecule has 1 aromatic rings. The van der Waals surface area contributed by atoms with Crippen molar-refractivity contribution in [3.8, 4) is 0 Å². The van der Waals surface area contributed by atoms with Crippen LogP contribution in [0.3, 0.4) is 0 Å². The van der Waals surface area contributed by atoms with E-state index in [2.05, 4.69) is 0 Å². The zero-order chi connectivity index (χ0) is 13.0. The minimum atomic E-state index is -0.0635. The smallest absolute Gasteiger partial charge is 0.246 e. The molecule has 1 atom stereocenters. The molecule has 18 heavy (non-hydrogen) atoms. The van der Waals surface area contributed by atoms with Gasteiger partial charge in [-0.05, 0) is 30.5 Å². The van der Waals surface area contributed by atoms with Crippen LogP contribution in [0.5, 0.6) is 0 Å². The molecule has 1 aliphatic rings. The van der Waals surface area contributed by atoms with Crippen LogP contribution in [0.15, 0.2) is 30.3 Å². The summed E-state index contributed by atoms with van der Waals surface area (Å²) in [6.07, 6.45) is 5.08. The van der Waals surface area contributed by atoms with E-state index in [0.29, 0.717) is 5.02 Å². The summed E-state index contributed by atoms with van der Waals surface area (Å²) in [6.45, 7) is 0.753. The molecule has 0 bridgehead atoms. The Hall–Kier alpha value is -1.32. The Kier molecular flexibility index (Phi) is 4.39. The molecule has 2 rings (SSSR count). The van der Waals surface area contributed by atoms with E-state index in [1.807, 2.05) is 18.2 Å². The Balaban J connectivity index is 2.05. The molecule has 0 spiro atoms. The Bertz CT molecular complexity index is 459. The molecule has 1 aliphatic heterocycles. The monoisotopic (exact) mass is 265 g/mol. The Morgan fingerprint density at radius 1 is 1.50 bits per heavy atom. The van der Waals surface area contributed by atoms with Gasteiger partial charge in [-0.2, -0.15) is 0 Å². The van der Waals surface area contributed by atoms with Gasteiger partial charge in [0.05, 0.1) is 12.6 Å². The first-order chi connectivity index (χ1) is 8.72. The molecule has 1 fully saturated rings. The SMILES string of the molecule is O=C(C=Cc1ccccc1Cl)N1CCCC1CO. The van der Waals surface area contributed by atoms with Crippen LogP contribution in [0.4, 0.5) is 0 Å². The van der Waals surface area contributed by atoms with Gasteiger partial charge in [-0.3, -0.25) is 4.79 Å². The quantitative estimate of drug-likeness (QED) is 0.853. The van der Waals surface area contributed by atoms with Crippen LogP contribution in [0.1, 0.15) is 18.4 Å². The highest BCUT2D eigenvalue weighted by molar-refractivity contribution is 6.32. The third kappa shape index (κ3) is 2.92. The van der Waals surface area contributed by atoms with Gasteiger partial charge in [-0.15, -0.1) is 0 Å². The van der Waals surface area contributed by atoms with Crippen LogP contribution < -0.4 is 0 Å². The van der Waals surface area contributed by atoms with Crippen molar-refractivity contribution in [3.63, 3.8) is 0 Å². The van der Waals surface area contributed by atoms with Gasteiger partial charge in [-0.25, -0.2) is 0 Å². The van der Waals surface area contributed by atoms with Gasteiger partial charge >= 0.3 is 0 Å². The third-order valence-electron chi connectivity index (χ3n) is 3.18. The van der Waals surface area contributed by atoms with Crippen LogP contribution in [-0.4, -0.2) is 35.1 Å². The normalized spacial score (nSPS) is 19.7. The number of benzene rings is 1. The predicted molar refractivity (Wildman–Crippen MR) is 72.3 cm³/mol. The summed E-state index contributed by atoms with van der Waals surface area (Å²) in [4.78, 5) is 13.7. The Morgan fingerprint density at radius 2 is 2.28 bits per heavy atom. The van der Waals surface area contributed by atoms with Gasteiger partial charge in [0, 0.05) is 17.6 Å². The van der Waals surface area contributed by atoms with Crippen molar-refractivity contribution < 1.29 is 9.90 Å². The van der Waals surface area contributed by atoms with Gasteiger partial charge in [-0.1, -0.05) is 29.8 Å². The average Bonchev–Trinajstić information content (AvgIpc) is 2.86. The van der Waals surface area contributed by atoms with Gasteiger partial charge < -0.3 is 10.0 Å². The summed E-state index contributed by atoms with van der Waals surface area (Å²) >= 11 is 6.01. The Morgan fingerprint density at radius 3 is 3.00 bits per heavy atom. The fraction of sp³-hybridized carbons (Fsp3) is 0.357. The number of hydrogen-bond donors (Lipinski definition) is 1. The second-order valence-corrected chi connectivity index (χ2v) is 4.77. The van der Waals surface area contributed by atoms with Crippen LogP contribution in [0.2, 0.25) is 5.02 Å². The molecule has 1 aromatic carbocycles. The molecule has 1 N–H and O–H groups in total. The largest absolute Gasteiger partial charge is 0.394 e. The minimum Gasteiger partial charge on any atom is -0.394 e. The van der Waals surface area contributed by atoms with E-state index in [1.165, 1.54) is 6.08 Å². The molecule has 0 radical (unpaired) electrons. The average molecular weight is 266 g/mol. The number of nitrogens with zero attached hydrogens (tertiary/aromatic N) is 1. The number of carbonyl (C=O) groups is 1. The van der Waals surface area contributed by atoms with E-state index in [9.17, 15) is 9.90 Å². The zero-order valence-corrected chi connectivity index (χ0v) is 10.8. The highest BCUT2D eigenvalue weighted by Gasteiger charge is 2.26. The lowest BCUT2D eigenvalue weighted by atomic mass is 10.2. The van der Waals surface area contributed by atoms with Crippen LogP contribution in [0.25, 0.3) is 6.08 Å². The van der Waals surface area contributed by atoms with E-state index in [0.717, 1.165) is 24.9 Å². The predicted octanol–water partition coefficient (Wildman–Crippen LogP) is 2.34. The van der Waals surface area contributed by atoms with E-state index < -0.39 is 0 Å². The summed E-state index contributed by atoms with van der Waals surface area (Å²) in [6, 6.07) is 7.34. The summed E-state index contributed by atoms with van der Waals surface area (Å²) in [7, 11) is 0. The zero-order valence-electron chi connectivity index (χ0n) is 10.1. The molecular weight excluding hydrogens is 250 g/mol. The molecule has 4 heteroatoms. The molecule has 0 aromatic heterocycles. The van der Waals surface area contributed by atoms with Gasteiger partial charge in [0.25, 0.3) is 0 Å². The van der Waals surface area contributed by atoms with Crippen molar-refractivity contribution in [2.75, 3.05) is 13.2 Å². The minimum absolute atomic E-state index is 0.0334. The second-order valence-electron chi connectivity index (χ2n) is 4.37. The standard InChI is InChI=1S/C14H16ClNO2/c15-13-6-2-1-4-11(13)7-8-14(18)16-9-3-5-12(16)10-17/h1-2,4,6-8,12,17H,3,5,9-10H2. The number of halogens is 1. The maximum absolute atomic E-state index is 12.0. The lowest BCUT2D eigenvalue weighted by Gasteiger charge is -2.21. The van der Waals surface area contributed by atoms with Gasteiger partial charge in [0.2, 0.25) is 5.91 Å². The second kappa shape index (κ2) is 6.03. The van der Waals surface area contributed by atoms with Crippen molar-refractivity contribution >= 4 is 23.6 Å². The number of aliphatic hydroxyl groups excluding tert-OH is 1. The van der Waals surface area contributed by atoms with Gasteiger partial charge in [0.15, 0.2) is 0 Å². The van der Waals surface area contributed by atoms with Crippen molar-refractivity contribution in [1.82, 2.24) is 4.90 Å². The third-order valence-corrected chi connectivity index (χ3v) is 3.53. The first kappa shape index (κ1) is 13.1. The first-order valence-corrected chi connectivity index (χ1v) is 6.44. The van der Waals surface area contributed by atoms with Crippen molar-refractivity contribution in [3.05, 3.63) is 40.9 Å². The molecule has 1 amide bonds. The fourth-order valence-electron chi connectivity index (χ4n) is 2.18. The highest BCUT2D eigenvalue weighted by Crippen LogP contribution is 2.19. The van der Waals surface area contributed by atoms with Gasteiger partial charge in [0.1, 0.15) is 0 Å². The fourth-order valence-corrected chi connectivity index (χ4v) is 2.38. The maximum atomic E-state index is 12.0. The summed E-state index contributed by atoms with van der Waals surface area (Å²) in [5, 5.41) is 9.80. The summed E-state index contributed by atoms with van der Waals surface area (Å²) < 4.78 is 0. The number of carbonyl (C=O) groups excluding carboxylic acids is 1. The lowest BCUT2D eigenvalue weighted by molar-refractivity contribution is -0.127. The number of amides is 1. The van der Waals surface area contributed by atoms with E-state index in [4.69, 9.17) is 11.6 Å². The maximum Gasteiger partial charge on any atom is 0.246 e. The highest BCUT2D eigenvalue weighted by atomic mass is 35.5.